The third-order valence-corrected chi connectivity index (χ3v) is 8.38. The number of hydrogen-bond acceptors (Lipinski definition) is 2. The third-order valence-electron chi connectivity index (χ3n) is 8.38. The zero-order chi connectivity index (χ0) is 28.6. The van der Waals surface area contributed by atoms with Crippen LogP contribution in [0.5, 0.6) is 0 Å². The molecular weight excluding hydrogens is 502 g/mol. The van der Waals surface area contributed by atoms with Crippen molar-refractivity contribution in [2.45, 2.75) is 71.8 Å². The molecule has 2 aromatic carbocycles. The van der Waals surface area contributed by atoms with Crippen molar-refractivity contribution in [1.29, 1.82) is 0 Å². The average Bonchev–Trinajstić information content (AvgIpc) is 3.01. The van der Waals surface area contributed by atoms with E-state index in [1.54, 1.807) is 7.05 Å². The van der Waals surface area contributed by atoms with E-state index in [2.05, 4.69) is 108 Å². The maximum absolute atomic E-state index is 13.7. The van der Waals surface area contributed by atoms with Crippen molar-refractivity contribution in [2.24, 2.45) is 4.99 Å². The molecule has 5 rings (SSSR count). The zero-order valence-electron chi connectivity index (χ0n) is 25.0. The monoisotopic (exact) mass is 546 g/mol. The fourth-order valence-corrected chi connectivity index (χ4v) is 6.10. The summed E-state index contributed by atoms with van der Waals surface area (Å²) >= 11 is 0. The van der Waals surface area contributed by atoms with Crippen LogP contribution in [0.3, 0.4) is 0 Å². The molecule has 0 saturated carbocycles. The number of benzene rings is 2. The molecule has 0 bridgehead atoms. The number of unbranched alkanes of at least 4 members (excludes halogenated alkanes) is 6. The lowest BCUT2D eigenvalue weighted by atomic mass is 9.85. The standard InChI is InChI=1S/C37H43N3O/c1-4-6-8-14-24-39-30(22-20-28-16-10-12-18-34(28)39)26-32-36(38-3)33(37(32)41)27-31-23-21-29-17-11-13-19-35(29)40(31)25-15-9-7-5-2/h10-13,16-23,26-27H,4-9,14-15,24-25H2,1-3H3/p+1. The maximum Gasteiger partial charge on any atom is 0.212 e. The van der Waals surface area contributed by atoms with Crippen molar-refractivity contribution in [2.75, 3.05) is 13.6 Å². The van der Waals surface area contributed by atoms with Crippen molar-refractivity contribution in [3.63, 3.8) is 0 Å². The Balaban J connectivity index is 1.49. The van der Waals surface area contributed by atoms with Gasteiger partial charge in [0.15, 0.2) is 0 Å². The number of nitrogens with zero attached hydrogens (tertiary/aromatic N) is 2. The molecule has 0 amide bonds. The highest BCUT2D eigenvalue weighted by molar-refractivity contribution is 6.26. The highest BCUT2D eigenvalue weighted by atomic mass is 16.3. The highest BCUT2D eigenvalue weighted by Crippen LogP contribution is 2.32. The number of aromatic nitrogens is 1. The van der Waals surface area contributed by atoms with Crippen LogP contribution in [0.2, 0.25) is 0 Å². The second-order valence-electron chi connectivity index (χ2n) is 11.2. The maximum atomic E-state index is 13.7. The number of hydrogen-bond donors (Lipinski definition) is 1. The number of pyridine rings is 1. The van der Waals surface area contributed by atoms with E-state index in [1.165, 1.54) is 65.6 Å². The van der Waals surface area contributed by atoms with Gasteiger partial charge >= 0.3 is 0 Å². The zero-order valence-corrected chi connectivity index (χ0v) is 25.0. The van der Waals surface area contributed by atoms with Crippen molar-refractivity contribution in [1.82, 2.24) is 0 Å². The minimum atomic E-state index is 0.0846. The summed E-state index contributed by atoms with van der Waals surface area (Å²) in [6, 6.07) is 21.4. The predicted molar refractivity (Wildman–Crippen MR) is 170 cm³/mol. The minimum absolute atomic E-state index is 0.0846. The van der Waals surface area contributed by atoms with Gasteiger partial charge in [0.2, 0.25) is 11.2 Å². The molecule has 4 heteroatoms. The van der Waals surface area contributed by atoms with Gasteiger partial charge in [0.25, 0.3) is 0 Å². The number of aliphatic imine (C=N–C) groups is 1. The van der Waals surface area contributed by atoms with E-state index >= 15 is 0 Å². The van der Waals surface area contributed by atoms with E-state index in [9.17, 15) is 5.11 Å². The minimum Gasteiger partial charge on any atom is -0.872 e. The largest absolute Gasteiger partial charge is 0.872 e. The topological polar surface area (TPSA) is 43.7 Å². The molecule has 1 unspecified atom stereocenters. The smallest absolute Gasteiger partial charge is 0.212 e. The van der Waals surface area contributed by atoms with Gasteiger partial charge in [-0.05, 0) is 54.7 Å². The lowest BCUT2D eigenvalue weighted by Gasteiger charge is -2.33. The molecule has 2 aliphatic rings. The Morgan fingerprint density at radius 1 is 0.805 bits per heavy atom. The summed E-state index contributed by atoms with van der Waals surface area (Å²) in [4.78, 5) is 5.95. The second kappa shape index (κ2) is 13.7. The first-order valence-electron chi connectivity index (χ1n) is 15.5. The van der Waals surface area contributed by atoms with Gasteiger partial charge in [-0.2, -0.15) is 4.57 Å². The Morgan fingerprint density at radius 3 is 2.37 bits per heavy atom. The summed E-state index contributed by atoms with van der Waals surface area (Å²) in [5, 5.41) is 14.9. The Kier molecular flexibility index (Phi) is 9.63. The molecule has 41 heavy (non-hydrogen) atoms. The molecule has 3 aromatic rings. The lowest BCUT2D eigenvalue weighted by Crippen LogP contribution is -3.05. The van der Waals surface area contributed by atoms with Crippen molar-refractivity contribution in [3.05, 3.63) is 107 Å². The molecule has 0 saturated heterocycles. The Labute approximate surface area is 245 Å². The summed E-state index contributed by atoms with van der Waals surface area (Å²) in [5.41, 5.74) is 8.19. The van der Waals surface area contributed by atoms with E-state index in [0.29, 0.717) is 5.57 Å². The number of rotatable bonds is 12. The average molecular weight is 547 g/mol. The number of quaternary nitrogens is 1. The Hall–Kier alpha value is -3.76. The van der Waals surface area contributed by atoms with Crippen molar-refractivity contribution in [3.8, 4) is 0 Å². The van der Waals surface area contributed by atoms with Crippen molar-refractivity contribution < 1.29 is 14.6 Å². The van der Waals surface area contributed by atoms with Crippen LogP contribution in [0.1, 0.15) is 76.5 Å². The second-order valence-corrected chi connectivity index (χ2v) is 11.2. The number of nitrogens with one attached hydrogen (secondary N) is 1. The fraction of sp³-hybridized carbons (Fsp3) is 0.351. The summed E-state index contributed by atoms with van der Waals surface area (Å²) < 4.78 is 2.37. The van der Waals surface area contributed by atoms with Gasteiger partial charge in [-0.15, -0.1) is 0 Å². The number of para-hydroxylation sites is 2. The molecule has 4 nitrogen and oxygen atoms in total. The van der Waals surface area contributed by atoms with Gasteiger partial charge < -0.3 is 5.11 Å². The summed E-state index contributed by atoms with van der Waals surface area (Å²) in [5.74, 6) is 0.0846. The summed E-state index contributed by atoms with van der Waals surface area (Å²) in [7, 11) is 1.80. The van der Waals surface area contributed by atoms with Gasteiger partial charge in [-0.1, -0.05) is 69.6 Å². The Bertz CT molecular complexity index is 1540. The molecule has 1 aliphatic heterocycles. The molecule has 0 radical (unpaired) electrons. The molecule has 0 spiro atoms. The first kappa shape index (κ1) is 28.8. The number of allylic oxidation sites excluding steroid dienone is 4. The van der Waals surface area contributed by atoms with E-state index in [0.717, 1.165) is 48.6 Å². The van der Waals surface area contributed by atoms with Crippen LogP contribution in [-0.4, -0.2) is 19.3 Å². The van der Waals surface area contributed by atoms with Gasteiger partial charge in [0.05, 0.1) is 12.3 Å². The van der Waals surface area contributed by atoms with Gasteiger partial charge in [-0.25, -0.2) is 0 Å². The van der Waals surface area contributed by atoms with Crippen LogP contribution in [0, 0.1) is 0 Å². The Morgan fingerprint density at radius 2 is 1.56 bits per heavy atom. The van der Waals surface area contributed by atoms with E-state index in [-0.39, 0.29) is 5.76 Å². The van der Waals surface area contributed by atoms with Crippen molar-refractivity contribution >= 4 is 34.5 Å². The molecule has 1 aromatic heterocycles. The van der Waals surface area contributed by atoms with Gasteiger partial charge in [0.1, 0.15) is 17.9 Å². The first-order valence-corrected chi connectivity index (χ1v) is 15.5. The number of aryl methyl sites for hydroxylation is 1. The molecule has 1 N–H and O–H groups in total. The SMILES string of the molecule is CCCCCC[n+]1c(C=C2C(=NC)C(C=C3C=Cc4ccccc4[NH+]3CCCCCC)=C2[O-])ccc2ccccc21. The van der Waals surface area contributed by atoms with Crippen LogP contribution in [0.15, 0.2) is 100 Å². The number of fused-ring (bicyclic) bond motifs is 2. The quantitative estimate of drug-likeness (QED) is 0.205. The molecule has 1 atom stereocenters. The molecule has 212 valence electrons. The summed E-state index contributed by atoms with van der Waals surface area (Å²) in [6.45, 7) is 6.45. The van der Waals surface area contributed by atoms with Crippen LogP contribution >= 0.6 is 0 Å². The van der Waals surface area contributed by atoms with Crippen LogP contribution in [-0.2, 0) is 6.54 Å². The highest BCUT2D eigenvalue weighted by Gasteiger charge is 2.29. The molecule has 2 heterocycles. The lowest BCUT2D eigenvalue weighted by molar-refractivity contribution is -0.788. The third kappa shape index (κ3) is 6.28. The molecule has 0 fully saturated rings. The predicted octanol–water partition coefficient (Wildman–Crippen LogP) is 6.50. The van der Waals surface area contributed by atoms with Gasteiger partial charge in [0, 0.05) is 60.8 Å². The van der Waals surface area contributed by atoms with Gasteiger partial charge in [-0.3, -0.25) is 9.89 Å². The van der Waals surface area contributed by atoms with E-state index in [4.69, 9.17) is 0 Å². The van der Waals surface area contributed by atoms with Crippen LogP contribution < -0.4 is 14.6 Å². The van der Waals surface area contributed by atoms with Crippen LogP contribution in [0.4, 0.5) is 5.69 Å². The fourth-order valence-electron chi connectivity index (χ4n) is 6.10. The first-order chi connectivity index (χ1) is 20.2. The van der Waals surface area contributed by atoms with Crippen LogP contribution in [0.25, 0.3) is 23.1 Å². The molecular formula is C37H44N3O+. The van der Waals surface area contributed by atoms with E-state index < -0.39 is 0 Å². The molecule has 1 aliphatic carbocycles. The van der Waals surface area contributed by atoms with E-state index in [1.807, 2.05) is 0 Å². The normalized spacial score (nSPS) is 19.4. The summed E-state index contributed by atoms with van der Waals surface area (Å²) in [6.07, 6.45) is 18.2.